The van der Waals surface area contributed by atoms with Crippen LogP contribution in [-0.2, 0) is 9.59 Å². The second-order valence-electron chi connectivity index (χ2n) is 7.99. The van der Waals surface area contributed by atoms with Gasteiger partial charge in [-0.15, -0.1) is 0 Å². The molecule has 0 bridgehead atoms. The van der Waals surface area contributed by atoms with E-state index in [9.17, 15) is 9.59 Å². The molecule has 0 aromatic heterocycles. The van der Waals surface area contributed by atoms with Crippen molar-refractivity contribution in [2.24, 2.45) is 5.41 Å². The highest BCUT2D eigenvalue weighted by Gasteiger charge is 2.26. The zero-order chi connectivity index (χ0) is 20.6. The molecule has 0 spiro atoms. The lowest BCUT2D eigenvalue weighted by molar-refractivity contribution is -0.140. The fourth-order valence-electron chi connectivity index (χ4n) is 3.20. The van der Waals surface area contributed by atoms with Crippen LogP contribution in [0.25, 0.3) is 0 Å². The molecule has 1 aliphatic rings. The summed E-state index contributed by atoms with van der Waals surface area (Å²) in [4.78, 5) is 22.5. The summed E-state index contributed by atoms with van der Waals surface area (Å²) < 4.78 is 0. The van der Waals surface area contributed by atoms with Crippen molar-refractivity contribution < 1.29 is 14.7 Å². The van der Waals surface area contributed by atoms with E-state index in [1.54, 1.807) is 6.92 Å². The van der Waals surface area contributed by atoms with Crippen LogP contribution in [0.3, 0.4) is 0 Å². The summed E-state index contributed by atoms with van der Waals surface area (Å²) in [5, 5.41) is 11.2. The minimum atomic E-state index is -1.05. The van der Waals surface area contributed by atoms with Crippen molar-refractivity contribution in [3.8, 4) is 0 Å². The molecule has 4 heteroatoms. The molecule has 148 valence electrons. The second-order valence-corrected chi connectivity index (χ2v) is 7.99. The molecule has 1 rings (SSSR count). The quantitative estimate of drug-likeness (QED) is 0.483. The Hall–Kier alpha value is -2.36. The molecule has 0 saturated heterocycles. The third kappa shape index (κ3) is 7.81. The summed E-state index contributed by atoms with van der Waals surface area (Å²) in [6, 6.07) is -0.903. The minimum absolute atomic E-state index is 0.231. The number of carbonyl (C=O) groups excluding carboxylic acids is 1. The average molecular weight is 372 g/mol. The number of hydrogen-bond donors (Lipinski definition) is 2. The molecule has 0 unspecified atom stereocenters. The molecule has 0 radical (unpaired) electrons. The van der Waals surface area contributed by atoms with Gasteiger partial charge in [-0.3, -0.25) is 9.59 Å². The van der Waals surface area contributed by atoms with Crippen molar-refractivity contribution in [3.63, 3.8) is 0 Å². The van der Waals surface area contributed by atoms with Gasteiger partial charge in [0, 0.05) is 6.08 Å². The van der Waals surface area contributed by atoms with E-state index in [2.05, 4.69) is 38.2 Å². The summed E-state index contributed by atoms with van der Waals surface area (Å²) in [6.07, 6.45) is 15.2. The van der Waals surface area contributed by atoms with Crippen molar-refractivity contribution in [1.29, 1.82) is 0 Å². The summed E-state index contributed by atoms with van der Waals surface area (Å²) in [5.74, 6) is -1.46. The Morgan fingerprint density at radius 2 is 1.85 bits per heavy atom. The number of rotatable bonds is 7. The van der Waals surface area contributed by atoms with Crippen molar-refractivity contribution in [1.82, 2.24) is 5.32 Å². The molecule has 0 aromatic rings. The Bertz CT molecular complexity index is 718. The first-order chi connectivity index (χ1) is 12.5. The number of carboxylic acid groups (broad SMARTS) is 1. The van der Waals surface area contributed by atoms with E-state index in [0.717, 1.165) is 11.1 Å². The van der Waals surface area contributed by atoms with E-state index in [-0.39, 0.29) is 5.41 Å². The van der Waals surface area contributed by atoms with E-state index in [0.29, 0.717) is 0 Å². The number of aliphatic carboxylic acids is 1. The topological polar surface area (TPSA) is 66.4 Å². The van der Waals surface area contributed by atoms with Crippen LogP contribution in [0.15, 0.2) is 58.7 Å². The number of carboxylic acids is 1. The van der Waals surface area contributed by atoms with Gasteiger partial charge in [0.2, 0.25) is 5.91 Å². The molecule has 0 heterocycles. The van der Waals surface area contributed by atoms with Gasteiger partial charge >= 0.3 is 5.97 Å². The molecule has 27 heavy (non-hydrogen) atoms. The Morgan fingerprint density at radius 3 is 2.44 bits per heavy atom. The van der Waals surface area contributed by atoms with E-state index >= 15 is 0 Å². The maximum atomic E-state index is 11.7. The number of nitrogens with one attached hydrogen (secondary N) is 1. The van der Waals surface area contributed by atoms with Gasteiger partial charge < -0.3 is 10.4 Å². The summed E-state index contributed by atoms with van der Waals surface area (Å²) in [5.41, 5.74) is 5.03. The lowest BCUT2D eigenvalue weighted by Gasteiger charge is -2.32. The molecule has 1 aliphatic carbocycles. The van der Waals surface area contributed by atoms with Crippen LogP contribution < -0.4 is 5.32 Å². The zero-order valence-electron chi connectivity index (χ0n) is 17.4. The molecule has 1 amide bonds. The fourth-order valence-corrected chi connectivity index (χ4v) is 3.20. The minimum Gasteiger partial charge on any atom is -0.480 e. The highest BCUT2D eigenvalue weighted by molar-refractivity contribution is 5.91. The molecule has 0 fully saturated rings. The molecule has 2 N–H and O–H groups in total. The Labute approximate surface area is 163 Å². The molecular weight excluding hydrogens is 338 g/mol. The third-order valence-corrected chi connectivity index (χ3v) is 4.86. The first-order valence-corrected chi connectivity index (χ1v) is 9.48. The van der Waals surface area contributed by atoms with E-state index in [4.69, 9.17) is 5.11 Å². The SMILES string of the molecule is CC1=C(/C=C/C(C)=C/C=C/C(C)=C/C(=O)N[C@@H](C)C(=O)O)C(C)(C)CCC1. The standard InChI is InChI=1S/C23H33NO3/c1-16(12-13-20-18(3)11-8-14-23(20,5)6)9-7-10-17(2)15-21(25)24-19(4)22(26)27/h7,9-10,12-13,15,19H,8,11,14H2,1-6H3,(H,24,25)(H,26,27)/b10-7+,13-12+,16-9+,17-15+/t19-/m0/s1. The smallest absolute Gasteiger partial charge is 0.325 e. The Balaban J connectivity index is 2.71. The maximum Gasteiger partial charge on any atom is 0.325 e. The van der Waals surface area contributed by atoms with Gasteiger partial charge in [0.15, 0.2) is 0 Å². The maximum absolute atomic E-state index is 11.7. The predicted molar refractivity (Wildman–Crippen MR) is 111 cm³/mol. The van der Waals surface area contributed by atoms with Gasteiger partial charge in [0.05, 0.1) is 0 Å². The van der Waals surface area contributed by atoms with Crippen LogP contribution in [0.2, 0.25) is 0 Å². The molecule has 4 nitrogen and oxygen atoms in total. The van der Waals surface area contributed by atoms with Crippen LogP contribution in [0.1, 0.15) is 60.8 Å². The van der Waals surface area contributed by atoms with E-state index in [1.807, 2.05) is 25.2 Å². The molecule has 0 aromatic carbocycles. The largest absolute Gasteiger partial charge is 0.480 e. The van der Waals surface area contributed by atoms with E-state index in [1.165, 1.54) is 43.4 Å². The summed E-state index contributed by atoms with van der Waals surface area (Å²) >= 11 is 0. The van der Waals surface area contributed by atoms with Crippen molar-refractivity contribution in [2.45, 2.75) is 66.8 Å². The molecule has 0 aliphatic heterocycles. The summed E-state index contributed by atoms with van der Waals surface area (Å²) in [6.45, 7) is 12.1. The first kappa shape index (κ1) is 22.7. The van der Waals surface area contributed by atoms with E-state index < -0.39 is 17.9 Å². The van der Waals surface area contributed by atoms with Crippen LogP contribution in [-0.4, -0.2) is 23.0 Å². The van der Waals surface area contributed by atoms with Gasteiger partial charge in [0.1, 0.15) is 6.04 Å². The van der Waals surface area contributed by atoms with Crippen molar-refractivity contribution in [3.05, 3.63) is 58.7 Å². The van der Waals surface area contributed by atoms with Gasteiger partial charge in [-0.2, -0.15) is 0 Å². The van der Waals surface area contributed by atoms with Crippen molar-refractivity contribution >= 4 is 11.9 Å². The fraction of sp³-hybridized carbons (Fsp3) is 0.478. The van der Waals surface area contributed by atoms with Gasteiger partial charge in [-0.1, -0.05) is 55.4 Å². The number of amides is 1. The van der Waals surface area contributed by atoms with Gasteiger partial charge in [-0.25, -0.2) is 0 Å². The molecule has 1 atom stereocenters. The normalized spacial score (nSPS) is 19.6. The summed E-state index contributed by atoms with van der Waals surface area (Å²) in [7, 11) is 0. The predicted octanol–water partition coefficient (Wildman–Crippen LogP) is 5.11. The number of allylic oxidation sites excluding steroid dienone is 9. The highest BCUT2D eigenvalue weighted by Crippen LogP contribution is 2.40. The number of carbonyl (C=O) groups is 2. The van der Waals surface area contributed by atoms with Crippen LogP contribution in [0.4, 0.5) is 0 Å². The Morgan fingerprint density at radius 1 is 1.19 bits per heavy atom. The van der Waals surface area contributed by atoms with Gasteiger partial charge in [0.25, 0.3) is 0 Å². The Kier molecular flexibility index (Phi) is 8.48. The van der Waals surface area contributed by atoms with Crippen LogP contribution in [0, 0.1) is 5.41 Å². The highest BCUT2D eigenvalue weighted by atomic mass is 16.4. The number of hydrogen-bond acceptors (Lipinski definition) is 2. The lowest BCUT2D eigenvalue weighted by Crippen LogP contribution is -2.37. The molecule has 0 saturated carbocycles. The van der Waals surface area contributed by atoms with Crippen molar-refractivity contribution in [2.75, 3.05) is 0 Å². The second kappa shape index (κ2) is 10.1. The van der Waals surface area contributed by atoms with Gasteiger partial charge in [-0.05, 0) is 63.5 Å². The van der Waals surface area contributed by atoms with Crippen LogP contribution >= 0.6 is 0 Å². The third-order valence-electron chi connectivity index (χ3n) is 4.86. The average Bonchev–Trinajstić information content (AvgIpc) is 2.53. The lowest BCUT2D eigenvalue weighted by atomic mass is 9.72. The first-order valence-electron chi connectivity index (χ1n) is 9.48. The van der Waals surface area contributed by atoms with Crippen LogP contribution in [0.5, 0.6) is 0 Å². The molecular formula is C23H33NO3. The monoisotopic (exact) mass is 371 g/mol. The zero-order valence-corrected chi connectivity index (χ0v) is 17.4.